The fourth-order valence-corrected chi connectivity index (χ4v) is 4.27. The van der Waals surface area contributed by atoms with E-state index in [0.29, 0.717) is 5.75 Å². The maximum atomic E-state index is 12.2. The van der Waals surface area contributed by atoms with Crippen LogP contribution in [-0.2, 0) is 10.0 Å². The Bertz CT molecular complexity index is 728. The predicted molar refractivity (Wildman–Crippen MR) is 88.6 cm³/mol. The summed E-state index contributed by atoms with van der Waals surface area (Å²) in [6.45, 7) is 0.249. The Morgan fingerprint density at radius 2 is 1.59 bits per heavy atom. The van der Waals surface area contributed by atoms with Crippen LogP contribution in [0.15, 0.2) is 47.4 Å². The molecule has 0 unspecified atom stereocenters. The van der Waals surface area contributed by atoms with Gasteiger partial charge in [0.25, 0.3) is 0 Å². The Morgan fingerprint density at radius 3 is 2.18 bits per heavy atom. The molecule has 0 aliphatic carbocycles. The summed E-state index contributed by atoms with van der Waals surface area (Å²) in [4.78, 5) is -0.194. The summed E-state index contributed by atoms with van der Waals surface area (Å²) in [6.07, 6.45) is 0. The topological polar surface area (TPSA) is 55.4 Å². The molecule has 2 aromatic rings. The Hall–Kier alpha value is -0.980. The van der Waals surface area contributed by atoms with Gasteiger partial charge in [-0.25, -0.2) is 13.1 Å². The summed E-state index contributed by atoms with van der Waals surface area (Å²) in [5.41, 5.74) is 0. The molecule has 8 heteroatoms. The molecule has 2 rings (SSSR count). The van der Waals surface area contributed by atoms with E-state index in [9.17, 15) is 8.42 Å². The Labute approximate surface area is 144 Å². The average molecular weight is 381 g/mol. The first-order valence-corrected chi connectivity index (χ1v) is 8.84. The Morgan fingerprint density at radius 1 is 1.00 bits per heavy atom. The number of ether oxygens (including phenoxy) is 1. The summed E-state index contributed by atoms with van der Waals surface area (Å²) in [6, 6.07) is 11.7. The van der Waals surface area contributed by atoms with Gasteiger partial charge in [0.15, 0.2) is 0 Å². The highest BCUT2D eigenvalue weighted by atomic mass is 35.5. The average Bonchev–Trinajstić information content (AvgIpc) is 2.43. The van der Waals surface area contributed by atoms with Gasteiger partial charge in [0.2, 0.25) is 10.0 Å². The third-order valence-electron chi connectivity index (χ3n) is 2.64. The number of hydrogen-bond acceptors (Lipinski definition) is 3. The molecule has 0 amide bonds. The minimum Gasteiger partial charge on any atom is -0.492 e. The molecule has 0 atom stereocenters. The lowest BCUT2D eigenvalue weighted by molar-refractivity contribution is 0.323. The molecule has 0 heterocycles. The molecule has 22 heavy (non-hydrogen) atoms. The zero-order valence-electron chi connectivity index (χ0n) is 11.2. The van der Waals surface area contributed by atoms with Crippen LogP contribution in [0.25, 0.3) is 0 Å². The van der Waals surface area contributed by atoms with E-state index in [0.717, 1.165) is 0 Å². The van der Waals surface area contributed by atoms with Gasteiger partial charge in [0.1, 0.15) is 17.3 Å². The second-order valence-corrected chi connectivity index (χ2v) is 7.21. The summed E-state index contributed by atoms with van der Waals surface area (Å²) < 4.78 is 32.2. The van der Waals surface area contributed by atoms with Crippen LogP contribution in [0.1, 0.15) is 0 Å². The van der Waals surface area contributed by atoms with Crippen LogP contribution < -0.4 is 9.46 Å². The van der Waals surface area contributed by atoms with E-state index in [-0.39, 0.29) is 33.1 Å². The van der Waals surface area contributed by atoms with Crippen molar-refractivity contribution in [1.82, 2.24) is 4.72 Å². The van der Waals surface area contributed by atoms with Crippen molar-refractivity contribution in [2.24, 2.45) is 0 Å². The molecule has 0 aromatic heterocycles. The molecule has 0 fully saturated rings. The summed E-state index contributed by atoms with van der Waals surface area (Å²) in [7, 11) is -3.85. The van der Waals surface area contributed by atoms with E-state index < -0.39 is 10.0 Å². The van der Waals surface area contributed by atoms with E-state index in [1.54, 1.807) is 12.1 Å². The van der Waals surface area contributed by atoms with Gasteiger partial charge in [-0.15, -0.1) is 0 Å². The molecule has 118 valence electrons. The van der Waals surface area contributed by atoms with Crippen molar-refractivity contribution < 1.29 is 13.2 Å². The molecular weight excluding hydrogens is 369 g/mol. The number of nitrogens with one attached hydrogen (secondary N) is 1. The van der Waals surface area contributed by atoms with Gasteiger partial charge in [0.05, 0.1) is 10.0 Å². The molecule has 4 nitrogen and oxygen atoms in total. The molecule has 0 bridgehead atoms. The van der Waals surface area contributed by atoms with Crippen molar-refractivity contribution in [2.75, 3.05) is 13.2 Å². The van der Waals surface area contributed by atoms with Crippen LogP contribution in [0.3, 0.4) is 0 Å². The molecular formula is C14H12Cl3NO3S. The highest BCUT2D eigenvalue weighted by molar-refractivity contribution is 7.89. The van der Waals surface area contributed by atoms with Crippen molar-refractivity contribution in [3.63, 3.8) is 0 Å². The van der Waals surface area contributed by atoms with Gasteiger partial charge in [-0.1, -0.05) is 53.0 Å². The van der Waals surface area contributed by atoms with Gasteiger partial charge in [0, 0.05) is 11.6 Å². The molecule has 0 radical (unpaired) electrons. The number of halogens is 3. The molecule has 1 N–H and O–H groups in total. The fourth-order valence-electron chi connectivity index (χ4n) is 1.72. The van der Waals surface area contributed by atoms with Gasteiger partial charge < -0.3 is 4.74 Å². The van der Waals surface area contributed by atoms with E-state index in [1.807, 2.05) is 18.2 Å². The number of para-hydroxylation sites is 1. The third kappa shape index (κ3) is 4.51. The van der Waals surface area contributed by atoms with Crippen molar-refractivity contribution >= 4 is 44.8 Å². The number of sulfonamides is 1. The number of rotatable bonds is 6. The van der Waals surface area contributed by atoms with E-state index >= 15 is 0 Å². The minimum absolute atomic E-state index is 0.0334. The highest BCUT2D eigenvalue weighted by Gasteiger charge is 2.22. The summed E-state index contributed by atoms with van der Waals surface area (Å²) in [5, 5.41) is 0.198. The number of hydrogen-bond donors (Lipinski definition) is 1. The van der Waals surface area contributed by atoms with Crippen LogP contribution in [0.4, 0.5) is 0 Å². The second kappa shape index (κ2) is 7.53. The van der Waals surface area contributed by atoms with Gasteiger partial charge in [-0.3, -0.25) is 0 Å². The van der Waals surface area contributed by atoms with Crippen molar-refractivity contribution in [2.45, 2.75) is 4.90 Å². The Balaban J connectivity index is 2.00. The third-order valence-corrected chi connectivity index (χ3v) is 5.24. The van der Waals surface area contributed by atoms with Crippen molar-refractivity contribution in [1.29, 1.82) is 0 Å². The minimum atomic E-state index is -3.85. The van der Waals surface area contributed by atoms with E-state index in [2.05, 4.69) is 4.72 Å². The smallest absolute Gasteiger partial charge is 0.243 e. The second-order valence-electron chi connectivity index (χ2n) is 4.26. The van der Waals surface area contributed by atoms with Gasteiger partial charge in [-0.2, -0.15) is 0 Å². The van der Waals surface area contributed by atoms with Crippen LogP contribution in [-0.4, -0.2) is 21.6 Å². The molecule has 0 aliphatic rings. The zero-order valence-corrected chi connectivity index (χ0v) is 14.3. The lowest BCUT2D eigenvalue weighted by atomic mass is 10.3. The zero-order chi connectivity index (χ0) is 16.2. The molecule has 0 spiro atoms. The van der Waals surface area contributed by atoms with Crippen LogP contribution in [0, 0.1) is 0 Å². The largest absolute Gasteiger partial charge is 0.492 e. The van der Waals surface area contributed by atoms with Crippen LogP contribution in [0.5, 0.6) is 5.75 Å². The predicted octanol–water partition coefficient (Wildman–Crippen LogP) is 4.00. The Kier molecular flexibility index (Phi) is 5.94. The van der Waals surface area contributed by atoms with Crippen molar-refractivity contribution in [3.05, 3.63) is 57.5 Å². The van der Waals surface area contributed by atoms with Gasteiger partial charge in [-0.05, 0) is 24.3 Å². The van der Waals surface area contributed by atoms with Crippen molar-refractivity contribution in [3.8, 4) is 5.75 Å². The van der Waals surface area contributed by atoms with E-state index in [1.165, 1.54) is 12.1 Å². The summed E-state index contributed by atoms with van der Waals surface area (Å²) in [5.74, 6) is 0.657. The SMILES string of the molecule is O=S(=O)(NCCOc1ccccc1)c1c(Cl)cc(Cl)cc1Cl. The quantitative estimate of drug-likeness (QED) is 0.771. The first kappa shape index (κ1) is 17.4. The maximum absolute atomic E-state index is 12.2. The lowest BCUT2D eigenvalue weighted by Gasteiger charge is -2.11. The standard InChI is InChI=1S/C14H12Cl3NO3S/c15-10-8-12(16)14(13(17)9-10)22(19,20)18-6-7-21-11-4-2-1-3-5-11/h1-5,8-9,18H,6-7H2. The summed E-state index contributed by atoms with van der Waals surface area (Å²) >= 11 is 17.6. The first-order chi connectivity index (χ1) is 10.4. The highest BCUT2D eigenvalue weighted by Crippen LogP contribution is 2.32. The van der Waals surface area contributed by atoms with E-state index in [4.69, 9.17) is 39.5 Å². The normalized spacial score (nSPS) is 11.4. The fraction of sp³-hybridized carbons (Fsp3) is 0.143. The molecule has 0 aliphatic heterocycles. The number of benzene rings is 2. The molecule has 0 saturated carbocycles. The molecule has 2 aromatic carbocycles. The molecule has 0 saturated heterocycles. The monoisotopic (exact) mass is 379 g/mol. The maximum Gasteiger partial charge on any atom is 0.243 e. The van der Waals surface area contributed by atoms with Crippen LogP contribution >= 0.6 is 34.8 Å². The van der Waals surface area contributed by atoms with Gasteiger partial charge >= 0.3 is 0 Å². The first-order valence-electron chi connectivity index (χ1n) is 6.22. The van der Waals surface area contributed by atoms with Crippen LogP contribution in [0.2, 0.25) is 15.1 Å². The lowest BCUT2D eigenvalue weighted by Crippen LogP contribution is -2.28.